The number of rotatable bonds is 4. The summed E-state index contributed by atoms with van der Waals surface area (Å²) >= 11 is 0. The van der Waals surface area contributed by atoms with Gasteiger partial charge in [-0.2, -0.15) is 0 Å². The Kier molecular flexibility index (Phi) is 3.93. The predicted molar refractivity (Wildman–Crippen MR) is 63.1 cm³/mol. The minimum atomic E-state index is -0.344. The van der Waals surface area contributed by atoms with Gasteiger partial charge < -0.3 is 9.84 Å². The van der Waals surface area contributed by atoms with Crippen molar-refractivity contribution in [3.05, 3.63) is 35.9 Å². The molecule has 1 heterocycles. The van der Waals surface area contributed by atoms with Crippen molar-refractivity contribution in [3.8, 4) is 0 Å². The predicted octanol–water partition coefficient (Wildman–Crippen LogP) is 1.27. The van der Waals surface area contributed by atoms with E-state index in [-0.39, 0.29) is 12.1 Å². The normalized spacial score (nSPS) is 25.2. The zero-order chi connectivity index (χ0) is 11.4. The van der Waals surface area contributed by atoms with E-state index in [9.17, 15) is 5.11 Å². The lowest BCUT2D eigenvalue weighted by atomic mass is 10.1. The highest BCUT2D eigenvalue weighted by atomic mass is 16.5. The highest BCUT2D eigenvalue weighted by Gasteiger charge is 2.30. The summed E-state index contributed by atoms with van der Waals surface area (Å²) in [6.45, 7) is 5.04. The minimum absolute atomic E-state index is 0.144. The maximum Gasteiger partial charge on any atom is 0.0950 e. The lowest BCUT2D eigenvalue weighted by Crippen LogP contribution is -2.42. The molecule has 0 aromatic heterocycles. The van der Waals surface area contributed by atoms with Crippen LogP contribution in [0.2, 0.25) is 0 Å². The maximum atomic E-state index is 9.80. The fourth-order valence-corrected chi connectivity index (χ4v) is 2.16. The zero-order valence-electron chi connectivity index (χ0n) is 9.67. The van der Waals surface area contributed by atoms with Crippen molar-refractivity contribution >= 4 is 0 Å². The molecule has 0 saturated carbocycles. The molecule has 0 radical (unpaired) electrons. The molecule has 1 fully saturated rings. The van der Waals surface area contributed by atoms with Gasteiger partial charge in [0.25, 0.3) is 0 Å². The summed E-state index contributed by atoms with van der Waals surface area (Å²) in [4.78, 5) is 2.27. The highest BCUT2D eigenvalue weighted by Crippen LogP contribution is 2.16. The van der Waals surface area contributed by atoms with Crippen molar-refractivity contribution in [3.63, 3.8) is 0 Å². The van der Waals surface area contributed by atoms with Crippen molar-refractivity contribution in [1.29, 1.82) is 0 Å². The van der Waals surface area contributed by atoms with Crippen LogP contribution in [-0.2, 0) is 11.3 Å². The van der Waals surface area contributed by atoms with E-state index in [1.54, 1.807) is 0 Å². The van der Waals surface area contributed by atoms with Crippen molar-refractivity contribution < 1.29 is 9.84 Å². The summed E-state index contributed by atoms with van der Waals surface area (Å²) in [5, 5.41) is 9.80. The summed E-state index contributed by atoms with van der Waals surface area (Å²) in [6, 6.07) is 10.5. The second-order valence-electron chi connectivity index (χ2n) is 4.22. The molecule has 1 aliphatic rings. The van der Waals surface area contributed by atoms with Crippen molar-refractivity contribution in [2.75, 3.05) is 19.8 Å². The number of hydrogen-bond acceptors (Lipinski definition) is 3. The fraction of sp³-hybridized carbons (Fsp3) is 0.538. The standard InChI is InChI=1S/C13H19NO2/c1-2-14(12-9-16-10-13(12)15)8-11-6-4-3-5-7-11/h3-7,12-13,15H,2,8-10H2,1H3. The van der Waals surface area contributed by atoms with E-state index in [2.05, 4.69) is 24.0 Å². The van der Waals surface area contributed by atoms with Crippen LogP contribution < -0.4 is 0 Å². The molecule has 1 aliphatic heterocycles. The van der Waals surface area contributed by atoms with Crippen LogP contribution in [-0.4, -0.2) is 41.9 Å². The van der Waals surface area contributed by atoms with Gasteiger partial charge in [0.1, 0.15) is 0 Å². The Morgan fingerprint density at radius 2 is 2.06 bits per heavy atom. The SMILES string of the molecule is CCN(Cc1ccccc1)C1COCC1O. The van der Waals surface area contributed by atoms with Crippen molar-refractivity contribution in [2.45, 2.75) is 25.6 Å². The Labute approximate surface area is 96.6 Å². The summed E-state index contributed by atoms with van der Waals surface area (Å²) in [5.41, 5.74) is 1.28. The molecular weight excluding hydrogens is 202 g/mol. The molecule has 16 heavy (non-hydrogen) atoms. The molecule has 2 rings (SSSR count). The molecule has 1 aromatic carbocycles. The molecule has 3 heteroatoms. The van der Waals surface area contributed by atoms with Gasteiger partial charge in [-0.25, -0.2) is 0 Å². The molecule has 88 valence electrons. The molecule has 3 nitrogen and oxygen atoms in total. The minimum Gasteiger partial charge on any atom is -0.389 e. The lowest BCUT2D eigenvalue weighted by molar-refractivity contribution is 0.0808. The summed E-state index contributed by atoms with van der Waals surface area (Å²) in [7, 11) is 0. The van der Waals surface area contributed by atoms with Crippen LogP contribution in [0.4, 0.5) is 0 Å². The Morgan fingerprint density at radius 1 is 1.31 bits per heavy atom. The fourth-order valence-electron chi connectivity index (χ4n) is 2.16. The maximum absolute atomic E-state index is 9.80. The number of nitrogens with zero attached hydrogens (tertiary/aromatic N) is 1. The van der Waals surface area contributed by atoms with E-state index < -0.39 is 0 Å². The largest absolute Gasteiger partial charge is 0.389 e. The summed E-state index contributed by atoms with van der Waals surface area (Å²) < 4.78 is 5.30. The number of aliphatic hydroxyl groups is 1. The van der Waals surface area contributed by atoms with E-state index in [1.165, 1.54) is 5.56 Å². The summed E-state index contributed by atoms with van der Waals surface area (Å²) in [6.07, 6.45) is -0.344. The third-order valence-corrected chi connectivity index (χ3v) is 3.13. The lowest BCUT2D eigenvalue weighted by Gasteiger charge is -2.28. The number of benzene rings is 1. The molecule has 0 bridgehead atoms. The Bertz CT molecular complexity index is 315. The van der Waals surface area contributed by atoms with Gasteiger partial charge in [-0.15, -0.1) is 0 Å². The number of likely N-dealkylation sites (N-methyl/N-ethyl adjacent to an activating group) is 1. The first-order valence-corrected chi connectivity index (χ1v) is 5.85. The second kappa shape index (κ2) is 5.43. The van der Waals surface area contributed by atoms with Crippen LogP contribution in [0.5, 0.6) is 0 Å². The van der Waals surface area contributed by atoms with Crippen molar-refractivity contribution in [1.82, 2.24) is 4.90 Å². The molecule has 1 N–H and O–H groups in total. The van der Waals surface area contributed by atoms with Crippen LogP contribution in [0.3, 0.4) is 0 Å². The Morgan fingerprint density at radius 3 is 2.62 bits per heavy atom. The third kappa shape index (κ3) is 2.61. The zero-order valence-corrected chi connectivity index (χ0v) is 9.67. The monoisotopic (exact) mass is 221 g/mol. The van der Waals surface area contributed by atoms with Gasteiger partial charge >= 0.3 is 0 Å². The van der Waals surface area contributed by atoms with Gasteiger partial charge in [0.2, 0.25) is 0 Å². The van der Waals surface area contributed by atoms with Gasteiger partial charge in [0.15, 0.2) is 0 Å². The van der Waals surface area contributed by atoms with Crippen molar-refractivity contribution in [2.24, 2.45) is 0 Å². The van der Waals surface area contributed by atoms with E-state index >= 15 is 0 Å². The van der Waals surface area contributed by atoms with Crippen LogP contribution in [0, 0.1) is 0 Å². The Balaban J connectivity index is 2.00. The topological polar surface area (TPSA) is 32.7 Å². The van der Waals surface area contributed by atoms with Gasteiger partial charge in [-0.1, -0.05) is 37.3 Å². The molecule has 1 aromatic rings. The van der Waals surface area contributed by atoms with E-state index in [0.29, 0.717) is 13.2 Å². The van der Waals surface area contributed by atoms with E-state index in [4.69, 9.17) is 4.74 Å². The second-order valence-corrected chi connectivity index (χ2v) is 4.22. The van der Waals surface area contributed by atoms with Gasteiger partial charge in [-0.3, -0.25) is 4.90 Å². The molecule has 0 spiro atoms. The van der Waals surface area contributed by atoms with E-state index in [0.717, 1.165) is 13.1 Å². The molecule has 2 unspecified atom stereocenters. The van der Waals surface area contributed by atoms with Gasteiger partial charge in [-0.05, 0) is 12.1 Å². The van der Waals surface area contributed by atoms with Crippen LogP contribution in [0.25, 0.3) is 0 Å². The number of ether oxygens (including phenoxy) is 1. The summed E-state index contributed by atoms with van der Waals surface area (Å²) in [5.74, 6) is 0. The average molecular weight is 221 g/mol. The first-order chi connectivity index (χ1) is 7.81. The third-order valence-electron chi connectivity index (χ3n) is 3.13. The van der Waals surface area contributed by atoms with Crippen LogP contribution in [0.1, 0.15) is 12.5 Å². The molecular formula is C13H19NO2. The molecule has 2 atom stereocenters. The smallest absolute Gasteiger partial charge is 0.0950 e. The van der Waals surface area contributed by atoms with Gasteiger partial charge in [0.05, 0.1) is 25.4 Å². The van der Waals surface area contributed by atoms with Crippen LogP contribution in [0.15, 0.2) is 30.3 Å². The number of hydrogen-bond donors (Lipinski definition) is 1. The number of aliphatic hydroxyl groups excluding tert-OH is 1. The van der Waals surface area contributed by atoms with Crippen LogP contribution >= 0.6 is 0 Å². The first kappa shape index (κ1) is 11.6. The molecule has 1 saturated heterocycles. The van der Waals surface area contributed by atoms with E-state index in [1.807, 2.05) is 18.2 Å². The van der Waals surface area contributed by atoms with Gasteiger partial charge in [0, 0.05) is 6.54 Å². The average Bonchev–Trinajstić information content (AvgIpc) is 2.74. The quantitative estimate of drug-likeness (QED) is 0.831. The molecule has 0 aliphatic carbocycles. The highest BCUT2D eigenvalue weighted by molar-refractivity contribution is 5.14. The Hall–Kier alpha value is -0.900. The molecule has 0 amide bonds. The first-order valence-electron chi connectivity index (χ1n) is 5.85.